The number of nitrogens with one attached hydrogen (secondary N) is 1. The molecule has 0 saturated carbocycles. The van der Waals surface area contributed by atoms with Crippen molar-refractivity contribution in [2.24, 2.45) is 10.9 Å². The van der Waals surface area contributed by atoms with E-state index in [9.17, 15) is 0 Å². The Kier molecular flexibility index (Phi) is 6.87. The number of amidine groups is 1. The van der Waals surface area contributed by atoms with Gasteiger partial charge in [0.05, 0.1) is 0 Å². The summed E-state index contributed by atoms with van der Waals surface area (Å²) in [5.74, 6) is 0.153. The first kappa shape index (κ1) is 14.5. The topological polar surface area (TPSA) is 70.6 Å². The van der Waals surface area contributed by atoms with Crippen LogP contribution >= 0.6 is 0 Å². The van der Waals surface area contributed by atoms with E-state index in [1.165, 1.54) is 25.7 Å². The predicted octanol–water partition coefficient (Wildman–Crippen LogP) is 2.45. The molecular formula is C14H23N3O. The first-order chi connectivity index (χ1) is 8.77. The van der Waals surface area contributed by atoms with E-state index < -0.39 is 0 Å². The third-order valence-electron chi connectivity index (χ3n) is 2.87. The summed E-state index contributed by atoms with van der Waals surface area (Å²) in [6.07, 6.45) is 5.07. The van der Waals surface area contributed by atoms with Crippen LogP contribution in [-0.2, 0) is 6.54 Å². The second-order valence-corrected chi connectivity index (χ2v) is 4.42. The molecule has 0 aliphatic rings. The van der Waals surface area contributed by atoms with Crippen molar-refractivity contribution in [3.8, 4) is 0 Å². The van der Waals surface area contributed by atoms with Gasteiger partial charge in [0.2, 0.25) is 0 Å². The minimum absolute atomic E-state index is 0.153. The molecule has 0 aliphatic carbocycles. The maximum absolute atomic E-state index is 8.62. The molecule has 18 heavy (non-hydrogen) atoms. The molecule has 1 rings (SSSR count). The van der Waals surface area contributed by atoms with E-state index in [0.717, 1.165) is 24.2 Å². The van der Waals surface area contributed by atoms with Crippen molar-refractivity contribution in [1.82, 2.24) is 5.32 Å². The number of benzene rings is 1. The Balaban J connectivity index is 2.34. The first-order valence-corrected chi connectivity index (χ1v) is 6.55. The third kappa shape index (κ3) is 5.19. The summed E-state index contributed by atoms with van der Waals surface area (Å²) < 4.78 is 0. The molecule has 0 amide bonds. The zero-order valence-electron chi connectivity index (χ0n) is 11.0. The summed E-state index contributed by atoms with van der Waals surface area (Å²) in [7, 11) is 0. The fraction of sp³-hybridized carbons (Fsp3) is 0.500. The third-order valence-corrected chi connectivity index (χ3v) is 2.87. The van der Waals surface area contributed by atoms with Crippen LogP contribution in [0.2, 0.25) is 0 Å². The molecule has 1 aromatic carbocycles. The van der Waals surface area contributed by atoms with Crippen LogP contribution < -0.4 is 11.1 Å². The van der Waals surface area contributed by atoms with Gasteiger partial charge in [-0.1, -0.05) is 49.5 Å². The average Bonchev–Trinajstić information content (AvgIpc) is 2.42. The molecule has 0 fully saturated rings. The Hall–Kier alpha value is -1.55. The number of hydrogen-bond donors (Lipinski definition) is 3. The molecule has 4 nitrogen and oxygen atoms in total. The highest BCUT2D eigenvalue weighted by atomic mass is 16.4. The van der Waals surface area contributed by atoms with E-state index in [4.69, 9.17) is 10.9 Å². The standard InChI is InChI=1S/C14H23N3O/c1-2-3-4-5-9-16-11-12-7-6-8-13(10-12)14(15)17-18/h6-8,10,16,18H,2-5,9,11H2,1H3,(H2,15,17). The van der Waals surface area contributed by atoms with Crippen molar-refractivity contribution in [2.75, 3.05) is 6.54 Å². The lowest BCUT2D eigenvalue weighted by atomic mass is 10.1. The van der Waals surface area contributed by atoms with Gasteiger partial charge in [-0.05, 0) is 24.6 Å². The zero-order chi connectivity index (χ0) is 13.2. The second-order valence-electron chi connectivity index (χ2n) is 4.42. The van der Waals surface area contributed by atoms with Gasteiger partial charge in [0, 0.05) is 12.1 Å². The Morgan fingerprint density at radius 2 is 2.17 bits per heavy atom. The molecule has 4 heteroatoms. The number of unbranched alkanes of at least 4 members (excludes halogenated alkanes) is 3. The van der Waals surface area contributed by atoms with Gasteiger partial charge in [-0.15, -0.1) is 0 Å². The molecule has 0 bridgehead atoms. The van der Waals surface area contributed by atoms with Gasteiger partial charge in [-0.25, -0.2) is 0 Å². The van der Waals surface area contributed by atoms with Crippen molar-refractivity contribution in [3.63, 3.8) is 0 Å². The van der Waals surface area contributed by atoms with Crippen molar-refractivity contribution in [1.29, 1.82) is 0 Å². The molecule has 0 aliphatic heterocycles. The highest BCUT2D eigenvalue weighted by Crippen LogP contribution is 2.05. The van der Waals surface area contributed by atoms with Gasteiger partial charge in [0.25, 0.3) is 0 Å². The maximum atomic E-state index is 8.62. The summed E-state index contributed by atoms with van der Waals surface area (Å²) in [6, 6.07) is 7.72. The maximum Gasteiger partial charge on any atom is 0.170 e. The number of nitrogens with two attached hydrogens (primary N) is 1. The quantitative estimate of drug-likeness (QED) is 0.218. The number of hydrogen-bond acceptors (Lipinski definition) is 3. The second kappa shape index (κ2) is 8.53. The van der Waals surface area contributed by atoms with Gasteiger partial charge in [-0.2, -0.15) is 0 Å². The zero-order valence-corrected chi connectivity index (χ0v) is 11.0. The van der Waals surface area contributed by atoms with E-state index in [0.29, 0.717) is 0 Å². The van der Waals surface area contributed by atoms with Crippen LogP contribution in [0.5, 0.6) is 0 Å². The first-order valence-electron chi connectivity index (χ1n) is 6.55. The van der Waals surface area contributed by atoms with Crippen molar-refractivity contribution < 1.29 is 5.21 Å². The predicted molar refractivity (Wildman–Crippen MR) is 74.8 cm³/mol. The number of nitrogens with zero attached hydrogens (tertiary/aromatic N) is 1. The summed E-state index contributed by atoms with van der Waals surface area (Å²) in [5.41, 5.74) is 7.45. The van der Waals surface area contributed by atoms with Crippen LogP contribution in [0.25, 0.3) is 0 Å². The highest BCUT2D eigenvalue weighted by molar-refractivity contribution is 5.97. The molecule has 0 spiro atoms. The minimum Gasteiger partial charge on any atom is -0.409 e. The Bertz CT molecular complexity index is 377. The molecule has 0 unspecified atom stereocenters. The average molecular weight is 249 g/mol. The SMILES string of the molecule is CCCCCCNCc1cccc(C(N)=NO)c1. The summed E-state index contributed by atoms with van der Waals surface area (Å²) in [4.78, 5) is 0. The fourth-order valence-corrected chi connectivity index (χ4v) is 1.81. The smallest absolute Gasteiger partial charge is 0.170 e. The van der Waals surface area contributed by atoms with Crippen LogP contribution in [0.3, 0.4) is 0 Å². The van der Waals surface area contributed by atoms with E-state index in [-0.39, 0.29) is 5.84 Å². The number of rotatable bonds is 8. The minimum atomic E-state index is 0.153. The molecule has 0 saturated heterocycles. The molecule has 100 valence electrons. The van der Waals surface area contributed by atoms with Crippen LogP contribution in [0, 0.1) is 0 Å². The van der Waals surface area contributed by atoms with Crippen molar-refractivity contribution in [3.05, 3.63) is 35.4 Å². The number of oxime groups is 1. The van der Waals surface area contributed by atoms with Gasteiger partial charge in [0.1, 0.15) is 0 Å². The molecule has 0 atom stereocenters. The van der Waals surface area contributed by atoms with Crippen LogP contribution in [0.1, 0.15) is 43.7 Å². The molecular weight excluding hydrogens is 226 g/mol. The molecule has 1 aromatic rings. The highest BCUT2D eigenvalue weighted by Gasteiger charge is 2.00. The lowest BCUT2D eigenvalue weighted by molar-refractivity contribution is 0.318. The summed E-state index contributed by atoms with van der Waals surface area (Å²) in [6.45, 7) is 4.07. The molecule has 4 N–H and O–H groups in total. The molecule has 0 aromatic heterocycles. The summed E-state index contributed by atoms with van der Waals surface area (Å²) >= 11 is 0. The Morgan fingerprint density at radius 3 is 2.89 bits per heavy atom. The van der Waals surface area contributed by atoms with Gasteiger partial charge in [0.15, 0.2) is 5.84 Å². The van der Waals surface area contributed by atoms with Crippen molar-refractivity contribution in [2.45, 2.75) is 39.2 Å². The largest absolute Gasteiger partial charge is 0.409 e. The van der Waals surface area contributed by atoms with Crippen LogP contribution in [0.15, 0.2) is 29.4 Å². The van der Waals surface area contributed by atoms with E-state index in [1.54, 1.807) is 0 Å². The Morgan fingerprint density at radius 1 is 1.33 bits per heavy atom. The molecule has 0 heterocycles. The lowest BCUT2D eigenvalue weighted by Gasteiger charge is -2.06. The lowest BCUT2D eigenvalue weighted by Crippen LogP contribution is -2.16. The van der Waals surface area contributed by atoms with Gasteiger partial charge < -0.3 is 16.3 Å². The summed E-state index contributed by atoms with van der Waals surface area (Å²) in [5, 5.41) is 15.0. The van der Waals surface area contributed by atoms with Gasteiger partial charge >= 0.3 is 0 Å². The van der Waals surface area contributed by atoms with E-state index >= 15 is 0 Å². The van der Waals surface area contributed by atoms with Crippen LogP contribution in [-0.4, -0.2) is 17.6 Å². The normalized spacial score (nSPS) is 11.7. The Labute approximate surface area is 109 Å². The monoisotopic (exact) mass is 249 g/mol. The van der Waals surface area contributed by atoms with Crippen molar-refractivity contribution >= 4 is 5.84 Å². The van der Waals surface area contributed by atoms with Crippen LogP contribution in [0.4, 0.5) is 0 Å². The molecule has 0 radical (unpaired) electrons. The van der Waals surface area contributed by atoms with Gasteiger partial charge in [-0.3, -0.25) is 0 Å². The van der Waals surface area contributed by atoms with E-state index in [1.807, 2.05) is 24.3 Å². The fourth-order valence-electron chi connectivity index (χ4n) is 1.81. The van der Waals surface area contributed by atoms with E-state index in [2.05, 4.69) is 17.4 Å².